The monoisotopic (exact) mass is 265 g/mol. The van der Waals surface area contributed by atoms with Crippen LogP contribution < -0.4 is 5.73 Å². The van der Waals surface area contributed by atoms with E-state index in [-0.39, 0.29) is 6.10 Å². The fraction of sp³-hybridized carbons (Fsp3) is 0.538. The van der Waals surface area contributed by atoms with E-state index in [2.05, 4.69) is 16.8 Å². The molecule has 0 radical (unpaired) electrons. The maximum absolute atomic E-state index is 5.70. The second kappa shape index (κ2) is 6.22. The quantitative estimate of drug-likeness (QED) is 0.836. The van der Waals surface area contributed by atoms with E-state index in [0.717, 1.165) is 43.9 Å². The number of hydrogen-bond acceptors (Lipinski definition) is 4. The highest BCUT2D eigenvalue weighted by atomic mass is 32.1. The zero-order valence-corrected chi connectivity index (χ0v) is 11.4. The fourth-order valence-electron chi connectivity index (χ4n) is 2.25. The molecule has 1 aliphatic rings. The van der Waals surface area contributed by atoms with Crippen molar-refractivity contribution >= 4 is 17.2 Å². The molecule has 1 fully saturated rings. The van der Waals surface area contributed by atoms with E-state index in [4.69, 9.17) is 22.7 Å². The number of ether oxygens (including phenoxy) is 1. The molecule has 1 aromatic heterocycles. The van der Waals surface area contributed by atoms with Gasteiger partial charge >= 0.3 is 0 Å². The van der Waals surface area contributed by atoms with Crippen LogP contribution in [-0.2, 0) is 11.3 Å². The van der Waals surface area contributed by atoms with Crippen LogP contribution in [0.15, 0.2) is 18.3 Å². The van der Waals surface area contributed by atoms with Crippen LogP contribution in [0.5, 0.6) is 0 Å². The van der Waals surface area contributed by atoms with Gasteiger partial charge in [-0.1, -0.05) is 18.3 Å². The van der Waals surface area contributed by atoms with Crippen molar-refractivity contribution in [2.45, 2.75) is 26.0 Å². The summed E-state index contributed by atoms with van der Waals surface area (Å²) in [5.74, 6) is 0. The van der Waals surface area contributed by atoms with Crippen molar-refractivity contribution in [2.75, 3.05) is 19.7 Å². The van der Waals surface area contributed by atoms with Gasteiger partial charge in [-0.25, -0.2) is 0 Å². The molecule has 0 bridgehead atoms. The summed E-state index contributed by atoms with van der Waals surface area (Å²) in [7, 11) is 0. The summed E-state index contributed by atoms with van der Waals surface area (Å²) in [4.78, 5) is 7.00. The Balaban J connectivity index is 2.10. The van der Waals surface area contributed by atoms with Crippen molar-refractivity contribution < 1.29 is 4.74 Å². The molecule has 1 unspecified atom stereocenters. The molecule has 98 valence electrons. The van der Waals surface area contributed by atoms with Crippen LogP contribution in [0, 0.1) is 0 Å². The van der Waals surface area contributed by atoms with Gasteiger partial charge in [0.2, 0.25) is 0 Å². The minimum absolute atomic E-state index is 0.275. The van der Waals surface area contributed by atoms with Crippen LogP contribution in [0.4, 0.5) is 0 Å². The number of rotatable bonds is 3. The first kappa shape index (κ1) is 13.4. The first-order valence-corrected chi connectivity index (χ1v) is 6.65. The second-order valence-corrected chi connectivity index (χ2v) is 5.09. The van der Waals surface area contributed by atoms with Gasteiger partial charge in [0.25, 0.3) is 0 Å². The van der Waals surface area contributed by atoms with E-state index in [1.807, 2.05) is 12.1 Å². The molecule has 0 aliphatic carbocycles. The predicted molar refractivity (Wildman–Crippen MR) is 75.4 cm³/mol. The molecule has 1 aliphatic heterocycles. The first-order valence-electron chi connectivity index (χ1n) is 6.24. The summed E-state index contributed by atoms with van der Waals surface area (Å²) in [6.45, 7) is 5.75. The van der Waals surface area contributed by atoms with Crippen LogP contribution >= 0.6 is 12.2 Å². The molecule has 1 atom stereocenters. The highest BCUT2D eigenvalue weighted by Crippen LogP contribution is 2.13. The van der Waals surface area contributed by atoms with Crippen LogP contribution in [0.2, 0.25) is 0 Å². The minimum atomic E-state index is 0.275. The summed E-state index contributed by atoms with van der Waals surface area (Å²) < 4.78 is 5.64. The Labute approximate surface area is 113 Å². The largest absolute Gasteiger partial charge is 0.388 e. The Morgan fingerprint density at radius 3 is 3.28 bits per heavy atom. The molecule has 1 saturated heterocycles. The Kier molecular flexibility index (Phi) is 4.63. The SMILES string of the molecule is CC1CN(Cc2cccnc2C(N)=S)CCCO1. The lowest BCUT2D eigenvalue weighted by Gasteiger charge is -2.22. The summed E-state index contributed by atoms with van der Waals surface area (Å²) in [5.41, 5.74) is 7.54. The van der Waals surface area contributed by atoms with Crippen molar-refractivity contribution in [3.63, 3.8) is 0 Å². The molecule has 0 saturated carbocycles. The van der Waals surface area contributed by atoms with Gasteiger partial charge in [0, 0.05) is 32.4 Å². The van der Waals surface area contributed by atoms with Gasteiger partial charge in [-0.05, 0) is 25.0 Å². The average Bonchev–Trinajstić information content (AvgIpc) is 2.54. The maximum atomic E-state index is 5.70. The summed E-state index contributed by atoms with van der Waals surface area (Å²) in [6, 6.07) is 3.97. The molecule has 2 rings (SSSR count). The molecular formula is C13H19N3OS. The first-order chi connectivity index (χ1) is 8.66. The Morgan fingerprint density at radius 2 is 2.50 bits per heavy atom. The Bertz CT molecular complexity index is 424. The lowest BCUT2D eigenvalue weighted by molar-refractivity contribution is 0.0668. The lowest BCUT2D eigenvalue weighted by atomic mass is 10.1. The van der Waals surface area contributed by atoms with Gasteiger partial charge in [-0.2, -0.15) is 0 Å². The van der Waals surface area contributed by atoms with Crippen LogP contribution in [0.3, 0.4) is 0 Å². The van der Waals surface area contributed by atoms with Gasteiger partial charge in [-0.15, -0.1) is 0 Å². The Hall–Kier alpha value is -1.04. The fourth-order valence-corrected chi connectivity index (χ4v) is 2.44. The number of aromatic nitrogens is 1. The molecule has 0 amide bonds. The summed E-state index contributed by atoms with van der Waals surface area (Å²) in [5, 5.41) is 0. The molecule has 0 spiro atoms. The van der Waals surface area contributed by atoms with Crippen LogP contribution in [0.1, 0.15) is 24.6 Å². The number of hydrogen-bond donors (Lipinski definition) is 1. The van der Waals surface area contributed by atoms with E-state index < -0.39 is 0 Å². The third-order valence-corrected chi connectivity index (χ3v) is 3.25. The van der Waals surface area contributed by atoms with Crippen molar-refractivity contribution in [1.82, 2.24) is 9.88 Å². The molecule has 2 N–H and O–H groups in total. The molecule has 4 nitrogen and oxygen atoms in total. The highest BCUT2D eigenvalue weighted by molar-refractivity contribution is 7.80. The Morgan fingerprint density at radius 1 is 1.67 bits per heavy atom. The van der Waals surface area contributed by atoms with E-state index >= 15 is 0 Å². The molecule has 0 aromatic carbocycles. The minimum Gasteiger partial charge on any atom is -0.388 e. The lowest BCUT2D eigenvalue weighted by Crippen LogP contribution is -2.31. The molecule has 1 aromatic rings. The smallest absolute Gasteiger partial charge is 0.123 e. The summed E-state index contributed by atoms with van der Waals surface area (Å²) >= 11 is 5.04. The molecule has 5 heteroatoms. The molecule has 18 heavy (non-hydrogen) atoms. The molecule has 2 heterocycles. The second-order valence-electron chi connectivity index (χ2n) is 4.65. The highest BCUT2D eigenvalue weighted by Gasteiger charge is 2.17. The number of thiocarbonyl (C=S) groups is 1. The number of nitrogens with zero attached hydrogens (tertiary/aromatic N) is 2. The zero-order chi connectivity index (χ0) is 13.0. The topological polar surface area (TPSA) is 51.4 Å². The van der Waals surface area contributed by atoms with E-state index in [1.54, 1.807) is 6.20 Å². The maximum Gasteiger partial charge on any atom is 0.123 e. The van der Waals surface area contributed by atoms with Gasteiger partial charge in [-0.3, -0.25) is 9.88 Å². The molecular weight excluding hydrogens is 246 g/mol. The number of pyridine rings is 1. The van der Waals surface area contributed by atoms with Crippen LogP contribution in [-0.4, -0.2) is 40.7 Å². The average molecular weight is 265 g/mol. The summed E-state index contributed by atoms with van der Waals surface area (Å²) in [6.07, 6.45) is 3.07. The standard InChI is InChI=1S/C13H19N3OS/c1-10-8-16(6-3-7-17-10)9-11-4-2-5-15-12(11)13(14)18/h2,4-5,10H,3,6-9H2,1H3,(H2,14,18). The van der Waals surface area contributed by atoms with Crippen molar-refractivity contribution in [3.8, 4) is 0 Å². The third kappa shape index (κ3) is 3.48. The van der Waals surface area contributed by atoms with Gasteiger partial charge < -0.3 is 10.5 Å². The third-order valence-electron chi connectivity index (χ3n) is 3.05. The van der Waals surface area contributed by atoms with E-state index in [9.17, 15) is 0 Å². The van der Waals surface area contributed by atoms with E-state index in [0.29, 0.717) is 4.99 Å². The van der Waals surface area contributed by atoms with Gasteiger partial charge in [0.05, 0.1) is 6.10 Å². The number of nitrogens with two attached hydrogens (primary N) is 1. The van der Waals surface area contributed by atoms with E-state index in [1.165, 1.54) is 0 Å². The van der Waals surface area contributed by atoms with Crippen molar-refractivity contribution in [2.24, 2.45) is 5.73 Å². The van der Waals surface area contributed by atoms with Gasteiger partial charge in [0.1, 0.15) is 10.7 Å². The van der Waals surface area contributed by atoms with Crippen LogP contribution in [0.25, 0.3) is 0 Å². The predicted octanol–water partition coefficient (Wildman–Crippen LogP) is 1.33. The normalized spacial score (nSPS) is 21.5. The zero-order valence-electron chi connectivity index (χ0n) is 10.6. The van der Waals surface area contributed by atoms with Crippen molar-refractivity contribution in [1.29, 1.82) is 0 Å². The van der Waals surface area contributed by atoms with Gasteiger partial charge in [0.15, 0.2) is 0 Å². The van der Waals surface area contributed by atoms with Crippen molar-refractivity contribution in [3.05, 3.63) is 29.6 Å².